The van der Waals surface area contributed by atoms with Gasteiger partial charge >= 0.3 is 0 Å². The van der Waals surface area contributed by atoms with Gasteiger partial charge < -0.3 is 20.1 Å². The molecule has 0 aliphatic carbocycles. The van der Waals surface area contributed by atoms with E-state index in [0.717, 1.165) is 36.3 Å². The topological polar surface area (TPSA) is 47.7 Å². The molecule has 2 unspecified atom stereocenters. The van der Waals surface area contributed by atoms with Gasteiger partial charge in [0.25, 0.3) is 0 Å². The minimum Gasteiger partial charge on any atom is -0.497 e. The number of hydrogen-bond acceptors (Lipinski definition) is 4. The van der Waals surface area contributed by atoms with Crippen molar-refractivity contribution in [1.29, 1.82) is 0 Å². The van der Waals surface area contributed by atoms with Crippen LogP contribution < -0.4 is 15.2 Å². The van der Waals surface area contributed by atoms with Crippen molar-refractivity contribution >= 4 is 0 Å². The Morgan fingerprint density at radius 3 is 2.38 bits per heavy atom. The normalized spacial score (nSPS) is 15.6. The first-order valence-electron chi connectivity index (χ1n) is 7.56. The molecule has 0 saturated carbocycles. The van der Waals surface area contributed by atoms with Gasteiger partial charge in [-0.25, -0.2) is 0 Å². The predicted octanol–water partition coefficient (Wildman–Crippen LogP) is 3.00. The zero-order chi connectivity index (χ0) is 16.0. The molecule has 0 heterocycles. The Balaban J connectivity index is 3.24. The maximum Gasteiger partial charge on any atom is 0.124 e. The third kappa shape index (κ3) is 4.11. The fourth-order valence-corrected chi connectivity index (χ4v) is 2.91. The lowest BCUT2D eigenvalue weighted by Gasteiger charge is -2.40. The van der Waals surface area contributed by atoms with Crippen LogP contribution >= 0.6 is 0 Å². The van der Waals surface area contributed by atoms with Gasteiger partial charge in [0.05, 0.1) is 19.8 Å². The second kappa shape index (κ2) is 7.66. The molecule has 4 nitrogen and oxygen atoms in total. The maximum atomic E-state index is 6.75. The van der Waals surface area contributed by atoms with Gasteiger partial charge in [0, 0.05) is 11.6 Å². The van der Waals surface area contributed by atoms with Crippen LogP contribution in [0.4, 0.5) is 0 Å². The first-order chi connectivity index (χ1) is 9.88. The van der Waals surface area contributed by atoms with E-state index < -0.39 is 5.54 Å². The molecule has 4 heteroatoms. The number of rotatable bonds is 8. The largest absolute Gasteiger partial charge is 0.497 e. The smallest absolute Gasteiger partial charge is 0.124 e. The third-order valence-electron chi connectivity index (χ3n) is 4.13. The van der Waals surface area contributed by atoms with Crippen LogP contribution in [0.3, 0.4) is 0 Å². The van der Waals surface area contributed by atoms with E-state index in [2.05, 4.69) is 32.8 Å². The Kier molecular flexibility index (Phi) is 6.49. The van der Waals surface area contributed by atoms with E-state index >= 15 is 0 Å². The minimum absolute atomic E-state index is 0.235. The molecule has 0 amide bonds. The molecule has 0 aliphatic heterocycles. The van der Waals surface area contributed by atoms with Crippen LogP contribution in [0, 0.1) is 0 Å². The summed E-state index contributed by atoms with van der Waals surface area (Å²) in [5.41, 5.74) is 7.22. The molecule has 0 fully saturated rings. The molecule has 1 rings (SSSR count). The summed E-state index contributed by atoms with van der Waals surface area (Å²) >= 11 is 0. The SMILES string of the molecule is CCCCC(N(C)C)C(C)(N)c1cc(OC)ccc1OC. The van der Waals surface area contributed by atoms with Crippen molar-refractivity contribution < 1.29 is 9.47 Å². The Morgan fingerprint density at radius 1 is 1.24 bits per heavy atom. The van der Waals surface area contributed by atoms with Gasteiger partial charge in [-0.1, -0.05) is 19.8 Å². The number of nitrogens with zero attached hydrogens (tertiary/aromatic N) is 1. The number of hydrogen-bond donors (Lipinski definition) is 1. The highest BCUT2D eigenvalue weighted by atomic mass is 16.5. The van der Waals surface area contributed by atoms with Crippen LogP contribution in [0.15, 0.2) is 18.2 Å². The van der Waals surface area contributed by atoms with E-state index in [4.69, 9.17) is 15.2 Å². The molecule has 0 saturated heterocycles. The van der Waals surface area contributed by atoms with E-state index in [1.807, 2.05) is 18.2 Å². The van der Waals surface area contributed by atoms with Gasteiger partial charge in [-0.3, -0.25) is 0 Å². The number of benzene rings is 1. The summed E-state index contributed by atoms with van der Waals surface area (Å²) in [6.07, 6.45) is 3.37. The Hall–Kier alpha value is -1.26. The number of methoxy groups -OCH3 is 2. The van der Waals surface area contributed by atoms with Crippen molar-refractivity contribution in [2.45, 2.75) is 44.7 Å². The highest BCUT2D eigenvalue weighted by Crippen LogP contribution is 2.36. The van der Waals surface area contributed by atoms with Crippen LogP contribution in [0.25, 0.3) is 0 Å². The molecule has 2 atom stereocenters. The maximum absolute atomic E-state index is 6.75. The van der Waals surface area contributed by atoms with Crippen molar-refractivity contribution in [2.24, 2.45) is 5.73 Å². The molecular weight excluding hydrogens is 264 g/mol. The van der Waals surface area contributed by atoms with Gasteiger partial charge in [-0.05, 0) is 45.6 Å². The highest BCUT2D eigenvalue weighted by Gasteiger charge is 2.35. The average molecular weight is 294 g/mol. The average Bonchev–Trinajstić information content (AvgIpc) is 2.46. The summed E-state index contributed by atoms with van der Waals surface area (Å²) < 4.78 is 10.9. The number of ether oxygens (including phenoxy) is 2. The Morgan fingerprint density at radius 2 is 1.90 bits per heavy atom. The van der Waals surface area contributed by atoms with E-state index in [1.165, 1.54) is 0 Å². The van der Waals surface area contributed by atoms with Crippen molar-refractivity contribution in [3.63, 3.8) is 0 Å². The van der Waals surface area contributed by atoms with E-state index in [1.54, 1.807) is 14.2 Å². The summed E-state index contributed by atoms with van der Waals surface area (Å²) in [5.74, 6) is 1.61. The highest BCUT2D eigenvalue weighted by molar-refractivity contribution is 5.45. The Labute approximate surface area is 129 Å². The van der Waals surface area contributed by atoms with Gasteiger partial charge in [0.1, 0.15) is 11.5 Å². The van der Waals surface area contributed by atoms with Crippen molar-refractivity contribution in [3.8, 4) is 11.5 Å². The number of likely N-dealkylation sites (N-methyl/N-ethyl adjacent to an activating group) is 1. The first kappa shape index (κ1) is 17.8. The third-order valence-corrected chi connectivity index (χ3v) is 4.13. The number of unbranched alkanes of at least 4 members (excludes halogenated alkanes) is 1. The summed E-state index contributed by atoms with van der Waals surface area (Å²) in [6, 6.07) is 6.04. The van der Waals surface area contributed by atoms with Crippen LogP contribution in [0.1, 0.15) is 38.7 Å². The fourth-order valence-electron chi connectivity index (χ4n) is 2.91. The standard InChI is InChI=1S/C17H30N2O2/c1-7-8-9-16(19(3)4)17(2,18)14-12-13(20-5)10-11-15(14)21-6/h10-12,16H,7-9,18H2,1-6H3. The summed E-state index contributed by atoms with van der Waals surface area (Å²) in [4.78, 5) is 2.20. The monoisotopic (exact) mass is 294 g/mol. The lowest BCUT2D eigenvalue weighted by molar-refractivity contribution is 0.171. The summed E-state index contributed by atoms with van der Waals surface area (Å²) in [7, 11) is 7.51. The summed E-state index contributed by atoms with van der Waals surface area (Å²) in [5, 5.41) is 0. The molecule has 1 aromatic rings. The zero-order valence-corrected chi connectivity index (χ0v) is 14.3. The Bertz CT molecular complexity index is 444. The van der Waals surface area contributed by atoms with Crippen LogP contribution in [-0.2, 0) is 5.54 Å². The van der Waals surface area contributed by atoms with Crippen LogP contribution in [-0.4, -0.2) is 39.3 Å². The second-order valence-electron chi connectivity index (χ2n) is 5.97. The van der Waals surface area contributed by atoms with Gasteiger partial charge in [-0.15, -0.1) is 0 Å². The van der Waals surface area contributed by atoms with Crippen LogP contribution in [0.2, 0.25) is 0 Å². The zero-order valence-electron chi connectivity index (χ0n) is 14.3. The molecule has 0 aromatic heterocycles. The van der Waals surface area contributed by atoms with Gasteiger partial charge in [0.15, 0.2) is 0 Å². The molecule has 120 valence electrons. The molecule has 0 spiro atoms. The van der Waals surface area contributed by atoms with Gasteiger partial charge in [-0.2, -0.15) is 0 Å². The number of nitrogens with two attached hydrogens (primary N) is 1. The molecule has 21 heavy (non-hydrogen) atoms. The van der Waals surface area contributed by atoms with Crippen molar-refractivity contribution in [2.75, 3.05) is 28.3 Å². The molecular formula is C17H30N2O2. The van der Waals surface area contributed by atoms with E-state index in [0.29, 0.717) is 0 Å². The van der Waals surface area contributed by atoms with E-state index in [9.17, 15) is 0 Å². The van der Waals surface area contributed by atoms with E-state index in [-0.39, 0.29) is 6.04 Å². The molecule has 0 aliphatic rings. The minimum atomic E-state index is -0.515. The molecule has 0 radical (unpaired) electrons. The molecule has 1 aromatic carbocycles. The lowest BCUT2D eigenvalue weighted by Crippen LogP contribution is -2.52. The molecule has 2 N–H and O–H groups in total. The summed E-state index contributed by atoms with van der Waals surface area (Å²) in [6.45, 7) is 4.28. The van der Waals surface area contributed by atoms with Crippen molar-refractivity contribution in [3.05, 3.63) is 23.8 Å². The van der Waals surface area contributed by atoms with Gasteiger partial charge in [0.2, 0.25) is 0 Å². The second-order valence-corrected chi connectivity index (χ2v) is 5.97. The predicted molar refractivity (Wildman–Crippen MR) is 88.1 cm³/mol. The molecule has 0 bridgehead atoms. The van der Waals surface area contributed by atoms with Crippen molar-refractivity contribution in [1.82, 2.24) is 4.90 Å². The first-order valence-corrected chi connectivity index (χ1v) is 7.56. The quantitative estimate of drug-likeness (QED) is 0.800. The van der Waals surface area contributed by atoms with Crippen LogP contribution in [0.5, 0.6) is 11.5 Å². The lowest BCUT2D eigenvalue weighted by atomic mass is 9.81. The fraction of sp³-hybridized carbons (Fsp3) is 0.647.